The summed E-state index contributed by atoms with van der Waals surface area (Å²) in [5.74, 6) is -16.6. The fourth-order valence-corrected chi connectivity index (χ4v) is 10.7. The Morgan fingerprint density at radius 2 is 1.11 bits per heavy atom. The molecule has 2 aliphatic heterocycles. The molecule has 97 heavy (non-hydrogen) atoms. The molecule has 36 nitrogen and oxygen atoms in total. The summed E-state index contributed by atoms with van der Waals surface area (Å²) in [6.45, 7) is 7.02. The molecule has 12 amide bonds. The van der Waals surface area contributed by atoms with E-state index in [9.17, 15) is 92.7 Å². The highest BCUT2D eigenvalue weighted by Crippen LogP contribution is 2.21. The summed E-state index contributed by atoms with van der Waals surface area (Å²) < 4.78 is 0. The monoisotopic (exact) mass is 1390 g/mol. The summed E-state index contributed by atoms with van der Waals surface area (Å²) in [7, 11) is 0. The normalized spacial score (nSPS) is 17.7. The molecule has 3 rings (SSSR count). The van der Waals surface area contributed by atoms with Crippen molar-refractivity contribution in [3.8, 4) is 5.75 Å². The van der Waals surface area contributed by atoms with Gasteiger partial charge in [0.1, 0.15) is 72.2 Å². The molecular weight excluding hydrogens is 1290 g/mol. The molecule has 24 N–H and O–H groups in total. The Labute approximate surface area is 566 Å². The number of aliphatic carboxylic acids is 2. The summed E-state index contributed by atoms with van der Waals surface area (Å²) in [6, 6.07) is -12.3. The highest BCUT2D eigenvalue weighted by Gasteiger charge is 2.42. The number of unbranched alkanes of at least 4 members (excludes halogenated alkanes) is 1. The van der Waals surface area contributed by atoms with E-state index in [0.29, 0.717) is 31.4 Å². The van der Waals surface area contributed by atoms with Gasteiger partial charge in [0.15, 0.2) is 5.96 Å². The molecule has 37 heteroatoms. The number of thiol groups is 1. The molecule has 2 heterocycles. The van der Waals surface area contributed by atoms with E-state index in [2.05, 4.69) is 76.1 Å². The van der Waals surface area contributed by atoms with Crippen LogP contribution in [0.15, 0.2) is 29.3 Å². The van der Waals surface area contributed by atoms with Gasteiger partial charge in [-0.05, 0) is 114 Å². The standard InChI is InChI=1S/C60H97N17O19S/c1-29(2)45(74-48(84)34-12-8-22-65-34)55(91)71-39(26-43(62)81)50(86)73-41(28-97)53(89)70-38(25-32-15-17-33(80)18-16-32)51(87)75-46(30(3)4)56(92)72-40(27-78)52(88)68-36(13-9-23-66-60(63)64)58(94)77-24-10-14-42(77)54(90)76-47(31(5)79)57(93)67-35(19-20-44(82)83)49(85)69-37(59(95)96)11-6-7-21-61/h15-18,29-31,34-42,45-47,65,78-80,97H,6-14,19-28,61H2,1-5H3,(H2,62,81)(H,67,93)(H,68,88)(H,69,85)(H,70,89)(H,71,91)(H,72,92)(H,73,86)(H,74,84)(H,75,87)(H,76,90)(H,82,83)(H,95,96)(H4,63,64,66)/t31-,34+,35+,36+,37+,38+,39+,40+,41+,42+,45+,46+,47+/m1/s1. The molecule has 2 fully saturated rings. The molecule has 1 aromatic rings. The number of benzene rings is 1. The second-order valence-electron chi connectivity index (χ2n) is 24.4. The van der Waals surface area contributed by atoms with Gasteiger partial charge in [0.05, 0.1) is 25.2 Å². The number of aliphatic hydroxyl groups excluding tert-OH is 2. The lowest BCUT2D eigenvalue weighted by atomic mass is 10.00. The van der Waals surface area contributed by atoms with Gasteiger partial charge in [0, 0.05) is 31.7 Å². The van der Waals surface area contributed by atoms with Crippen LogP contribution in [-0.2, 0) is 73.5 Å². The number of carbonyl (C=O) groups is 14. The number of aliphatic imine (C=N–C) groups is 1. The number of rotatable bonds is 42. The highest BCUT2D eigenvalue weighted by molar-refractivity contribution is 7.80. The number of hydrogen-bond acceptors (Lipinski definition) is 21. The number of primary amides is 1. The first-order valence-electron chi connectivity index (χ1n) is 32.0. The van der Waals surface area contributed by atoms with Gasteiger partial charge in [-0.15, -0.1) is 0 Å². The Hall–Kier alpha value is -8.94. The summed E-state index contributed by atoms with van der Waals surface area (Å²) >= 11 is 4.24. The molecule has 13 atom stereocenters. The molecule has 0 aromatic heterocycles. The lowest BCUT2D eigenvalue weighted by Gasteiger charge is -2.31. The van der Waals surface area contributed by atoms with Crippen LogP contribution in [0.1, 0.15) is 117 Å². The van der Waals surface area contributed by atoms with Crippen LogP contribution in [0.25, 0.3) is 0 Å². The van der Waals surface area contributed by atoms with Crippen LogP contribution in [0.2, 0.25) is 0 Å². The van der Waals surface area contributed by atoms with Crippen molar-refractivity contribution in [1.82, 2.24) is 63.4 Å². The fraction of sp³-hybridized carbons (Fsp3) is 0.650. The number of nitrogens with two attached hydrogens (primary N) is 4. The van der Waals surface area contributed by atoms with Gasteiger partial charge in [-0.25, -0.2) is 4.79 Å². The summed E-state index contributed by atoms with van der Waals surface area (Å²) in [4.78, 5) is 194. The zero-order chi connectivity index (χ0) is 72.8. The number of nitrogens with zero attached hydrogens (tertiary/aromatic N) is 2. The van der Waals surface area contributed by atoms with Crippen molar-refractivity contribution in [3.05, 3.63) is 29.8 Å². The van der Waals surface area contributed by atoms with Crippen molar-refractivity contribution in [3.63, 3.8) is 0 Å². The topological polar surface area (TPSA) is 592 Å². The number of amides is 12. The predicted molar refractivity (Wildman–Crippen MR) is 350 cm³/mol. The van der Waals surface area contributed by atoms with Gasteiger partial charge >= 0.3 is 11.9 Å². The zero-order valence-electron chi connectivity index (χ0n) is 55.0. The number of phenols is 1. The average Bonchev–Trinajstić information content (AvgIpc) is 1.80. The number of likely N-dealkylation sites (tertiary alicyclic amines) is 1. The summed E-state index contributed by atoms with van der Waals surface area (Å²) in [5.41, 5.74) is 22.4. The van der Waals surface area contributed by atoms with Crippen molar-refractivity contribution >= 4 is 101 Å². The van der Waals surface area contributed by atoms with Crippen LogP contribution < -0.4 is 81.4 Å². The second-order valence-corrected chi connectivity index (χ2v) is 24.7. The van der Waals surface area contributed by atoms with Crippen LogP contribution >= 0.6 is 12.6 Å². The van der Waals surface area contributed by atoms with Gasteiger partial charge in [-0.3, -0.25) is 67.3 Å². The van der Waals surface area contributed by atoms with Crippen molar-refractivity contribution < 1.29 is 92.7 Å². The van der Waals surface area contributed by atoms with Crippen LogP contribution in [0.5, 0.6) is 5.75 Å². The number of guanidine groups is 1. The number of hydrogen-bond donors (Lipinski definition) is 21. The number of nitrogens with one attached hydrogen (secondary N) is 11. The van der Waals surface area contributed by atoms with Crippen LogP contribution in [0, 0.1) is 11.8 Å². The van der Waals surface area contributed by atoms with E-state index in [0.717, 1.165) is 18.2 Å². The van der Waals surface area contributed by atoms with E-state index >= 15 is 0 Å². The van der Waals surface area contributed by atoms with Crippen molar-refractivity contribution in [2.75, 3.05) is 38.5 Å². The smallest absolute Gasteiger partial charge is 0.326 e. The number of carbonyl (C=O) groups excluding carboxylic acids is 12. The Bertz CT molecular complexity index is 2930. The van der Waals surface area contributed by atoms with Gasteiger partial charge in [0.2, 0.25) is 70.9 Å². The Balaban J connectivity index is 1.86. The molecule has 0 unspecified atom stereocenters. The molecule has 0 saturated carbocycles. The maximum absolute atomic E-state index is 14.6. The van der Waals surface area contributed by atoms with Crippen molar-refractivity contribution in [2.45, 2.75) is 197 Å². The van der Waals surface area contributed by atoms with Gasteiger partial charge in [-0.1, -0.05) is 39.8 Å². The van der Waals surface area contributed by atoms with E-state index in [1.54, 1.807) is 13.8 Å². The van der Waals surface area contributed by atoms with E-state index in [-0.39, 0.29) is 69.9 Å². The third-order valence-electron chi connectivity index (χ3n) is 15.9. The van der Waals surface area contributed by atoms with Crippen LogP contribution in [-0.4, -0.2) is 236 Å². The largest absolute Gasteiger partial charge is 0.508 e. The first kappa shape index (κ1) is 82.3. The molecule has 2 saturated heterocycles. The van der Waals surface area contributed by atoms with Gasteiger partial charge < -0.3 is 112 Å². The average molecular weight is 1390 g/mol. The summed E-state index contributed by atoms with van der Waals surface area (Å²) in [6.07, 6.45) is -2.00. The Morgan fingerprint density at radius 3 is 1.66 bits per heavy atom. The third kappa shape index (κ3) is 27.6. The van der Waals surface area contributed by atoms with E-state index in [1.807, 2.05) is 0 Å². The molecule has 1 aromatic carbocycles. The van der Waals surface area contributed by atoms with Crippen molar-refractivity contribution in [2.24, 2.45) is 39.8 Å². The maximum atomic E-state index is 14.6. The number of carboxylic acid groups (broad SMARTS) is 2. The van der Waals surface area contributed by atoms with Crippen LogP contribution in [0.3, 0.4) is 0 Å². The minimum Gasteiger partial charge on any atom is -0.508 e. The highest BCUT2D eigenvalue weighted by atomic mass is 32.1. The Kier molecular flexibility index (Phi) is 35.0. The lowest BCUT2D eigenvalue weighted by molar-refractivity contribution is -0.144. The summed E-state index contributed by atoms with van der Waals surface area (Å²) in [5, 5.41) is 77.9. The number of phenolic OH excluding ortho intramolecular Hbond substituents is 1. The van der Waals surface area contributed by atoms with Crippen LogP contribution in [0.4, 0.5) is 0 Å². The predicted octanol–water partition coefficient (Wildman–Crippen LogP) is -6.85. The molecular formula is C60H97N17O19S. The molecule has 0 bridgehead atoms. The minimum absolute atomic E-state index is 0.0183. The molecule has 542 valence electrons. The number of aromatic hydroxyl groups is 1. The van der Waals surface area contributed by atoms with E-state index < -0.39 is 205 Å². The van der Waals surface area contributed by atoms with Crippen molar-refractivity contribution in [1.29, 1.82) is 0 Å². The lowest BCUT2D eigenvalue weighted by Crippen LogP contribution is -2.62. The van der Waals surface area contributed by atoms with Gasteiger partial charge in [-0.2, -0.15) is 12.6 Å². The first-order valence-corrected chi connectivity index (χ1v) is 32.6. The molecule has 0 spiro atoms. The quantitative estimate of drug-likeness (QED) is 0.0125. The number of aliphatic hydroxyl groups is 2. The van der Waals surface area contributed by atoms with Gasteiger partial charge in [0.25, 0.3) is 0 Å². The third-order valence-corrected chi connectivity index (χ3v) is 16.2. The number of carboxylic acids is 2. The maximum Gasteiger partial charge on any atom is 0.326 e. The van der Waals surface area contributed by atoms with E-state index in [1.165, 1.54) is 38.1 Å². The first-order chi connectivity index (χ1) is 45.7. The minimum atomic E-state index is -1.84. The molecule has 0 aliphatic carbocycles. The molecule has 0 radical (unpaired) electrons. The fourth-order valence-electron chi connectivity index (χ4n) is 10.4. The second kappa shape index (κ2) is 41.2. The van der Waals surface area contributed by atoms with E-state index in [4.69, 9.17) is 22.9 Å². The Morgan fingerprint density at radius 1 is 0.598 bits per heavy atom. The SMILES string of the molecule is CC(C)[C@H](NC(=O)[C@@H]1CCCN1)C(=O)N[C@@H](CC(N)=O)C(=O)N[C@@H](CS)C(=O)N[C@@H](Cc1ccc(O)cc1)C(=O)N[C@H](C(=O)N[C@@H](CO)C(=O)N[C@@H](CCCN=C(N)N)C(=O)N1CCC[C@H]1C(=O)N[C@H](C(=O)N[C@@H](CCC(=O)O)C(=O)N[C@@H](CCCCN)C(=O)O)[C@@H](C)O)C(C)C. The molecule has 2 aliphatic rings. The zero-order valence-corrected chi connectivity index (χ0v) is 55.9.